The van der Waals surface area contributed by atoms with Gasteiger partial charge in [0, 0.05) is 12.4 Å². The first-order valence-electron chi connectivity index (χ1n) is 7.77. The van der Waals surface area contributed by atoms with E-state index < -0.39 is 28.5 Å². The molecule has 1 N–H and O–H groups in total. The first kappa shape index (κ1) is 19.7. The van der Waals surface area contributed by atoms with Gasteiger partial charge in [-0.2, -0.15) is 0 Å². The Morgan fingerprint density at radius 2 is 1.85 bits per heavy atom. The molecule has 9 heteroatoms. The molecule has 0 aliphatic heterocycles. The molecule has 1 atom stereocenters. The summed E-state index contributed by atoms with van der Waals surface area (Å²) in [7, 11) is 0. The Bertz CT molecular complexity index is 976. The maximum absolute atomic E-state index is 13.7. The van der Waals surface area contributed by atoms with Crippen molar-refractivity contribution in [2.75, 3.05) is 5.32 Å². The van der Waals surface area contributed by atoms with E-state index in [1.165, 1.54) is 6.07 Å². The van der Waals surface area contributed by atoms with Gasteiger partial charge in [0.15, 0.2) is 5.16 Å². The Labute approximate surface area is 168 Å². The van der Waals surface area contributed by atoms with Gasteiger partial charge >= 0.3 is 0 Å². The summed E-state index contributed by atoms with van der Waals surface area (Å²) in [5.41, 5.74) is 0.133. The maximum Gasteiger partial charge on any atom is 0.237 e. The zero-order valence-electron chi connectivity index (χ0n) is 13.9. The molecule has 140 valence electrons. The van der Waals surface area contributed by atoms with E-state index in [4.69, 9.17) is 23.2 Å². The smallest absolute Gasteiger partial charge is 0.237 e. The molecule has 1 amide bonds. The summed E-state index contributed by atoms with van der Waals surface area (Å²) in [6.07, 6.45) is 3.24. The molecule has 1 heterocycles. The number of para-hydroxylation sites is 1. The number of aromatic nitrogens is 2. The molecule has 0 unspecified atom stereocenters. The van der Waals surface area contributed by atoms with Crippen LogP contribution in [0.25, 0.3) is 5.69 Å². The largest absolute Gasteiger partial charge is 0.320 e. The Morgan fingerprint density at radius 3 is 2.56 bits per heavy atom. The lowest BCUT2D eigenvalue weighted by atomic mass is 10.3. The average molecular weight is 428 g/mol. The highest BCUT2D eigenvalue weighted by atomic mass is 35.5. The third-order valence-electron chi connectivity index (χ3n) is 3.66. The highest BCUT2D eigenvalue weighted by Crippen LogP contribution is 2.32. The number of amides is 1. The van der Waals surface area contributed by atoms with E-state index in [0.717, 1.165) is 23.9 Å². The van der Waals surface area contributed by atoms with Gasteiger partial charge in [0.1, 0.15) is 17.3 Å². The van der Waals surface area contributed by atoms with Crippen molar-refractivity contribution in [1.82, 2.24) is 9.55 Å². The van der Waals surface area contributed by atoms with Gasteiger partial charge < -0.3 is 5.32 Å². The van der Waals surface area contributed by atoms with E-state index in [9.17, 15) is 13.6 Å². The molecule has 0 saturated carbocycles. The van der Waals surface area contributed by atoms with Crippen LogP contribution >= 0.6 is 35.0 Å². The van der Waals surface area contributed by atoms with Crippen molar-refractivity contribution in [2.24, 2.45) is 0 Å². The Balaban J connectivity index is 1.79. The van der Waals surface area contributed by atoms with Crippen molar-refractivity contribution in [1.29, 1.82) is 0 Å². The van der Waals surface area contributed by atoms with Crippen LogP contribution in [0.5, 0.6) is 0 Å². The van der Waals surface area contributed by atoms with Gasteiger partial charge in [-0.05, 0) is 31.2 Å². The van der Waals surface area contributed by atoms with Crippen LogP contribution in [0.2, 0.25) is 10.0 Å². The van der Waals surface area contributed by atoms with Crippen LogP contribution < -0.4 is 5.32 Å². The number of hydrogen-bond acceptors (Lipinski definition) is 3. The summed E-state index contributed by atoms with van der Waals surface area (Å²) < 4.78 is 29.1. The number of halogens is 4. The van der Waals surface area contributed by atoms with Crippen molar-refractivity contribution in [2.45, 2.75) is 17.3 Å². The molecule has 2 aromatic carbocycles. The zero-order valence-corrected chi connectivity index (χ0v) is 16.2. The summed E-state index contributed by atoms with van der Waals surface area (Å²) in [4.78, 5) is 16.6. The van der Waals surface area contributed by atoms with Crippen LogP contribution in [0.4, 0.5) is 14.5 Å². The summed E-state index contributed by atoms with van der Waals surface area (Å²) in [5, 5.41) is 2.82. The molecule has 3 rings (SSSR count). The zero-order chi connectivity index (χ0) is 19.6. The number of rotatable bonds is 5. The lowest BCUT2D eigenvalue weighted by molar-refractivity contribution is -0.115. The molecule has 0 bridgehead atoms. The summed E-state index contributed by atoms with van der Waals surface area (Å²) in [6, 6.07) is 8.55. The van der Waals surface area contributed by atoms with Crippen molar-refractivity contribution in [3.05, 3.63) is 70.5 Å². The molecule has 27 heavy (non-hydrogen) atoms. The quantitative estimate of drug-likeness (QED) is 0.540. The number of carbonyl (C=O) groups excluding carboxylic acids is 1. The van der Waals surface area contributed by atoms with Crippen molar-refractivity contribution < 1.29 is 13.6 Å². The van der Waals surface area contributed by atoms with Crippen molar-refractivity contribution in [3.8, 4) is 5.69 Å². The molecule has 0 radical (unpaired) electrons. The Hall–Kier alpha value is -2.09. The second-order valence-corrected chi connectivity index (χ2v) is 7.59. The standard InChI is InChI=1S/C18H13Cl2F2N3OS/c1-10(17(26)24-16-12(21)5-3-6-13(16)22)27-18-23-8-9-25(18)14-7-2-4-11(19)15(14)20/h2-10H,1H3,(H,24,26)/t10-/m0/s1. The number of benzene rings is 2. The third kappa shape index (κ3) is 4.26. The lowest BCUT2D eigenvalue weighted by Gasteiger charge is -2.14. The first-order valence-corrected chi connectivity index (χ1v) is 9.41. The first-order chi connectivity index (χ1) is 12.9. The number of nitrogens with one attached hydrogen (secondary N) is 1. The fraction of sp³-hybridized carbons (Fsp3) is 0.111. The van der Waals surface area contributed by atoms with Gasteiger partial charge in [0.2, 0.25) is 5.91 Å². The number of hydrogen-bond donors (Lipinski definition) is 1. The molecule has 1 aromatic heterocycles. The van der Waals surface area contributed by atoms with E-state index in [1.807, 2.05) is 0 Å². The van der Waals surface area contributed by atoms with Gasteiger partial charge in [0.25, 0.3) is 0 Å². The minimum Gasteiger partial charge on any atom is -0.320 e. The van der Waals surface area contributed by atoms with Crippen LogP contribution in [-0.2, 0) is 4.79 Å². The third-order valence-corrected chi connectivity index (χ3v) is 5.55. The van der Waals surface area contributed by atoms with Gasteiger partial charge in [-0.1, -0.05) is 47.1 Å². The second-order valence-electron chi connectivity index (χ2n) is 5.50. The van der Waals surface area contributed by atoms with E-state index in [0.29, 0.717) is 20.9 Å². The van der Waals surface area contributed by atoms with Gasteiger partial charge in [-0.15, -0.1) is 0 Å². The predicted molar refractivity (Wildman–Crippen MR) is 104 cm³/mol. The molecule has 3 aromatic rings. The summed E-state index contributed by atoms with van der Waals surface area (Å²) in [5.74, 6) is -2.24. The molecule has 0 aliphatic carbocycles. The number of thioether (sulfide) groups is 1. The molecule has 0 spiro atoms. The van der Waals surface area contributed by atoms with Crippen LogP contribution in [-0.4, -0.2) is 20.7 Å². The average Bonchev–Trinajstić information content (AvgIpc) is 3.08. The van der Waals surface area contributed by atoms with Gasteiger partial charge in [-0.3, -0.25) is 9.36 Å². The number of nitrogens with zero attached hydrogens (tertiary/aromatic N) is 2. The fourth-order valence-electron chi connectivity index (χ4n) is 2.29. The molecule has 0 saturated heterocycles. The van der Waals surface area contributed by atoms with Crippen LogP contribution in [0.3, 0.4) is 0 Å². The Morgan fingerprint density at radius 1 is 1.19 bits per heavy atom. The molecule has 0 aliphatic rings. The molecule has 4 nitrogen and oxygen atoms in total. The van der Waals surface area contributed by atoms with Crippen molar-refractivity contribution >= 4 is 46.6 Å². The van der Waals surface area contributed by atoms with Gasteiger partial charge in [0.05, 0.1) is 21.0 Å². The number of carbonyl (C=O) groups is 1. The fourth-order valence-corrected chi connectivity index (χ4v) is 3.56. The normalized spacial score (nSPS) is 12.0. The van der Waals surface area contributed by atoms with Crippen LogP contribution in [0, 0.1) is 11.6 Å². The monoisotopic (exact) mass is 427 g/mol. The van der Waals surface area contributed by atoms with E-state index in [2.05, 4.69) is 10.3 Å². The lowest BCUT2D eigenvalue weighted by Crippen LogP contribution is -2.24. The Kier molecular flexibility index (Phi) is 6.04. The predicted octanol–water partition coefficient (Wildman–Crippen LogP) is 5.58. The topological polar surface area (TPSA) is 46.9 Å². The SMILES string of the molecule is C[C@H](Sc1nccn1-c1cccc(Cl)c1Cl)C(=O)Nc1c(F)cccc1F. The highest BCUT2D eigenvalue weighted by Gasteiger charge is 2.21. The van der Waals surface area contributed by atoms with E-state index >= 15 is 0 Å². The highest BCUT2D eigenvalue weighted by molar-refractivity contribution is 8.00. The van der Waals surface area contributed by atoms with E-state index in [-0.39, 0.29) is 0 Å². The number of imidazole rings is 1. The van der Waals surface area contributed by atoms with Crippen LogP contribution in [0.15, 0.2) is 53.9 Å². The maximum atomic E-state index is 13.7. The van der Waals surface area contributed by atoms with Crippen molar-refractivity contribution in [3.63, 3.8) is 0 Å². The minimum absolute atomic E-state index is 0.351. The van der Waals surface area contributed by atoms with E-state index in [1.54, 1.807) is 42.1 Å². The summed E-state index contributed by atoms with van der Waals surface area (Å²) in [6.45, 7) is 1.61. The van der Waals surface area contributed by atoms with Gasteiger partial charge in [-0.25, -0.2) is 13.8 Å². The minimum atomic E-state index is -0.840. The molecular formula is C18H13Cl2F2N3OS. The second kappa shape index (κ2) is 8.29. The molecular weight excluding hydrogens is 415 g/mol. The summed E-state index contributed by atoms with van der Waals surface area (Å²) >= 11 is 13.4. The number of anilines is 1. The molecule has 0 fully saturated rings. The van der Waals surface area contributed by atoms with Crippen LogP contribution in [0.1, 0.15) is 6.92 Å².